The first-order chi connectivity index (χ1) is 8.66. The maximum atomic E-state index is 12.0. The number of phenols is 1. The molecule has 0 spiro atoms. The second-order valence-electron chi connectivity index (χ2n) is 4.32. The Morgan fingerprint density at radius 1 is 1.39 bits per heavy atom. The van der Waals surface area contributed by atoms with Gasteiger partial charge in [0, 0.05) is 17.6 Å². The lowest BCUT2D eigenvalue weighted by Gasteiger charge is -2.18. The van der Waals surface area contributed by atoms with Gasteiger partial charge in [0.2, 0.25) is 5.91 Å². The van der Waals surface area contributed by atoms with Crippen molar-refractivity contribution < 1.29 is 9.90 Å². The van der Waals surface area contributed by atoms with E-state index in [1.165, 1.54) is 11.8 Å². The number of aromatic hydroxyl groups is 1. The van der Waals surface area contributed by atoms with E-state index in [0.717, 1.165) is 29.9 Å². The van der Waals surface area contributed by atoms with Crippen LogP contribution in [0.3, 0.4) is 0 Å². The van der Waals surface area contributed by atoms with Crippen LogP contribution in [0.4, 0.5) is 0 Å². The summed E-state index contributed by atoms with van der Waals surface area (Å²) < 4.78 is 0. The minimum absolute atomic E-state index is 0.126. The average Bonchev–Trinajstić information content (AvgIpc) is 2.90. The van der Waals surface area contributed by atoms with Gasteiger partial charge in [0.1, 0.15) is 5.75 Å². The molecule has 1 aliphatic rings. The molecule has 0 radical (unpaired) electrons. The smallest absolute Gasteiger partial charge is 0.236 e. The van der Waals surface area contributed by atoms with E-state index < -0.39 is 0 Å². The molecule has 4 heteroatoms. The molecule has 0 bridgehead atoms. The highest BCUT2D eigenvalue weighted by atomic mass is 32.2. The quantitative estimate of drug-likeness (QED) is 0.849. The number of allylic oxidation sites excluding steroid dienone is 2. The summed E-state index contributed by atoms with van der Waals surface area (Å²) in [7, 11) is 1.84. The standard InChI is InChI=1S/C14H17NO2S/c1-15(11-4-2-3-5-11)14(17)10-18-13-8-6-12(16)7-9-13/h4,6-9,16H,2-3,5,10H2,1H3. The summed E-state index contributed by atoms with van der Waals surface area (Å²) in [6.07, 6.45) is 5.38. The van der Waals surface area contributed by atoms with Gasteiger partial charge in [0.05, 0.1) is 5.75 Å². The van der Waals surface area contributed by atoms with Crippen molar-refractivity contribution in [3.8, 4) is 5.75 Å². The van der Waals surface area contributed by atoms with Crippen molar-refractivity contribution in [3.63, 3.8) is 0 Å². The van der Waals surface area contributed by atoms with E-state index in [9.17, 15) is 9.90 Å². The SMILES string of the molecule is CN(C(=O)CSc1ccc(O)cc1)C1=CCCC1. The molecule has 0 unspecified atom stereocenters. The lowest BCUT2D eigenvalue weighted by molar-refractivity contribution is -0.125. The van der Waals surface area contributed by atoms with E-state index in [1.807, 2.05) is 19.2 Å². The van der Waals surface area contributed by atoms with Gasteiger partial charge < -0.3 is 10.0 Å². The van der Waals surface area contributed by atoms with Gasteiger partial charge in [-0.15, -0.1) is 11.8 Å². The third-order valence-electron chi connectivity index (χ3n) is 3.02. The Morgan fingerprint density at radius 2 is 2.11 bits per heavy atom. The van der Waals surface area contributed by atoms with Crippen LogP contribution < -0.4 is 0 Å². The van der Waals surface area contributed by atoms with Crippen LogP contribution in [0.5, 0.6) is 5.75 Å². The zero-order valence-electron chi connectivity index (χ0n) is 10.4. The predicted octanol–water partition coefficient (Wildman–Crippen LogP) is 3.01. The first-order valence-electron chi connectivity index (χ1n) is 6.04. The Labute approximate surface area is 111 Å². The van der Waals surface area contributed by atoms with Gasteiger partial charge in [-0.1, -0.05) is 6.08 Å². The second-order valence-corrected chi connectivity index (χ2v) is 5.37. The summed E-state index contributed by atoms with van der Waals surface area (Å²) in [6.45, 7) is 0. The van der Waals surface area contributed by atoms with E-state index in [2.05, 4.69) is 6.08 Å². The Morgan fingerprint density at radius 3 is 2.72 bits per heavy atom. The van der Waals surface area contributed by atoms with Gasteiger partial charge in [-0.3, -0.25) is 4.79 Å². The molecular formula is C14H17NO2S. The van der Waals surface area contributed by atoms with Gasteiger partial charge in [0.15, 0.2) is 0 Å². The van der Waals surface area contributed by atoms with Gasteiger partial charge >= 0.3 is 0 Å². The maximum Gasteiger partial charge on any atom is 0.236 e. The van der Waals surface area contributed by atoms with E-state index in [-0.39, 0.29) is 11.7 Å². The molecule has 1 aromatic carbocycles. The fourth-order valence-electron chi connectivity index (χ4n) is 1.90. The number of rotatable bonds is 4. The fraction of sp³-hybridized carbons (Fsp3) is 0.357. The predicted molar refractivity (Wildman–Crippen MR) is 73.5 cm³/mol. The van der Waals surface area contributed by atoms with Crippen LogP contribution in [0.25, 0.3) is 0 Å². The number of amides is 1. The molecule has 0 heterocycles. The summed E-state index contributed by atoms with van der Waals surface area (Å²) in [5.41, 5.74) is 1.14. The van der Waals surface area contributed by atoms with Crippen molar-refractivity contribution in [2.75, 3.05) is 12.8 Å². The molecule has 0 fully saturated rings. The molecule has 1 aromatic rings. The first kappa shape index (κ1) is 13.0. The Kier molecular flexibility index (Phi) is 4.31. The summed E-state index contributed by atoms with van der Waals surface area (Å²) >= 11 is 1.49. The topological polar surface area (TPSA) is 40.5 Å². The molecule has 0 atom stereocenters. The summed E-state index contributed by atoms with van der Waals surface area (Å²) in [5.74, 6) is 0.804. The van der Waals surface area contributed by atoms with Crippen LogP contribution >= 0.6 is 11.8 Å². The van der Waals surface area contributed by atoms with Crippen molar-refractivity contribution in [2.45, 2.75) is 24.2 Å². The van der Waals surface area contributed by atoms with Crippen LogP contribution in [-0.2, 0) is 4.79 Å². The summed E-state index contributed by atoms with van der Waals surface area (Å²) in [6, 6.07) is 6.91. The van der Waals surface area contributed by atoms with Crippen LogP contribution in [0, 0.1) is 0 Å². The maximum absolute atomic E-state index is 12.0. The molecule has 0 saturated carbocycles. The largest absolute Gasteiger partial charge is 0.508 e. The third-order valence-corrected chi connectivity index (χ3v) is 4.02. The minimum atomic E-state index is 0.126. The lowest BCUT2D eigenvalue weighted by atomic mass is 10.3. The molecule has 18 heavy (non-hydrogen) atoms. The number of thioether (sulfide) groups is 1. The van der Waals surface area contributed by atoms with Crippen LogP contribution in [0.1, 0.15) is 19.3 Å². The highest BCUT2D eigenvalue weighted by molar-refractivity contribution is 8.00. The van der Waals surface area contributed by atoms with Gasteiger partial charge in [-0.2, -0.15) is 0 Å². The van der Waals surface area contributed by atoms with Crippen molar-refractivity contribution >= 4 is 17.7 Å². The molecule has 1 N–H and O–H groups in total. The third kappa shape index (κ3) is 3.29. The minimum Gasteiger partial charge on any atom is -0.508 e. The zero-order valence-corrected chi connectivity index (χ0v) is 11.2. The average molecular weight is 263 g/mol. The number of phenolic OH excluding ortho intramolecular Hbond substituents is 1. The number of hydrogen-bond donors (Lipinski definition) is 1. The monoisotopic (exact) mass is 263 g/mol. The van der Waals surface area contributed by atoms with Gasteiger partial charge in [0.25, 0.3) is 0 Å². The summed E-state index contributed by atoms with van der Waals surface area (Å²) in [4.78, 5) is 14.7. The van der Waals surface area contributed by atoms with E-state index in [0.29, 0.717) is 5.75 Å². The molecule has 0 saturated heterocycles. The number of benzene rings is 1. The molecule has 0 aromatic heterocycles. The molecule has 1 amide bonds. The number of nitrogens with zero attached hydrogens (tertiary/aromatic N) is 1. The number of carbonyl (C=O) groups excluding carboxylic acids is 1. The second kappa shape index (κ2) is 5.96. The molecular weight excluding hydrogens is 246 g/mol. The molecule has 0 aliphatic heterocycles. The van der Waals surface area contributed by atoms with Crippen molar-refractivity contribution in [2.24, 2.45) is 0 Å². The molecule has 96 valence electrons. The number of carbonyl (C=O) groups is 1. The Hall–Kier alpha value is -1.42. The van der Waals surface area contributed by atoms with E-state index >= 15 is 0 Å². The van der Waals surface area contributed by atoms with Gasteiger partial charge in [-0.05, 0) is 43.5 Å². The van der Waals surface area contributed by atoms with Crippen molar-refractivity contribution in [3.05, 3.63) is 36.0 Å². The van der Waals surface area contributed by atoms with Crippen molar-refractivity contribution in [1.29, 1.82) is 0 Å². The zero-order chi connectivity index (χ0) is 13.0. The Bertz CT molecular complexity index is 453. The highest BCUT2D eigenvalue weighted by Gasteiger charge is 2.15. The molecule has 2 rings (SSSR count). The van der Waals surface area contributed by atoms with Gasteiger partial charge in [-0.25, -0.2) is 0 Å². The van der Waals surface area contributed by atoms with E-state index in [4.69, 9.17) is 0 Å². The van der Waals surface area contributed by atoms with E-state index in [1.54, 1.807) is 17.0 Å². The molecule has 1 aliphatic carbocycles. The highest BCUT2D eigenvalue weighted by Crippen LogP contribution is 2.24. The van der Waals surface area contributed by atoms with Crippen LogP contribution in [0.15, 0.2) is 40.9 Å². The fourth-order valence-corrected chi connectivity index (χ4v) is 2.72. The van der Waals surface area contributed by atoms with Crippen molar-refractivity contribution in [1.82, 2.24) is 4.90 Å². The van der Waals surface area contributed by atoms with Crippen LogP contribution in [0.2, 0.25) is 0 Å². The molecule has 3 nitrogen and oxygen atoms in total. The lowest BCUT2D eigenvalue weighted by Crippen LogP contribution is -2.26. The normalized spacial score (nSPS) is 14.4. The summed E-state index contributed by atoms with van der Waals surface area (Å²) in [5, 5.41) is 9.17. The van der Waals surface area contributed by atoms with Crippen LogP contribution in [-0.4, -0.2) is 28.7 Å². The Balaban J connectivity index is 1.86. The number of hydrogen-bond acceptors (Lipinski definition) is 3. The first-order valence-corrected chi connectivity index (χ1v) is 7.03.